The largest absolute Gasteiger partial charge is 0.435 e. The van der Waals surface area contributed by atoms with Crippen molar-refractivity contribution >= 4 is 5.91 Å². The highest BCUT2D eigenvalue weighted by Gasteiger charge is 2.33. The summed E-state index contributed by atoms with van der Waals surface area (Å²) in [7, 11) is 0. The zero-order valence-electron chi connectivity index (χ0n) is 10.3. The average Bonchev–Trinajstić information content (AvgIpc) is 2.63. The maximum absolute atomic E-state index is 12.4. The van der Waals surface area contributed by atoms with Crippen molar-refractivity contribution in [3.63, 3.8) is 0 Å². The first-order chi connectivity index (χ1) is 8.97. The number of aromatic nitrogens is 2. The van der Waals surface area contributed by atoms with Gasteiger partial charge in [-0.3, -0.25) is 9.48 Å². The molecule has 1 saturated heterocycles. The maximum atomic E-state index is 12.4. The molecule has 2 rings (SSSR count). The monoisotopic (exact) mass is 276 g/mol. The second-order valence-electron chi connectivity index (χ2n) is 4.38. The van der Waals surface area contributed by atoms with Crippen molar-refractivity contribution in [2.75, 3.05) is 26.2 Å². The number of rotatable bonds is 2. The predicted octanol–water partition coefficient (Wildman–Crippen LogP) is 0.724. The molecule has 2 heterocycles. The van der Waals surface area contributed by atoms with Crippen LogP contribution in [0.4, 0.5) is 13.2 Å². The van der Waals surface area contributed by atoms with Crippen molar-refractivity contribution in [1.82, 2.24) is 20.0 Å². The molecule has 0 atom stereocenters. The zero-order chi connectivity index (χ0) is 13.9. The molecule has 0 bridgehead atoms. The van der Waals surface area contributed by atoms with E-state index in [-0.39, 0.29) is 12.5 Å². The van der Waals surface area contributed by atoms with Crippen LogP contribution in [0, 0.1) is 0 Å². The predicted molar refractivity (Wildman–Crippen MR) is 61.3 cm³/mol. The Balaban J connectivity index is 1.96. The second-order valence-corrected chi connectivity index (χ2v) is 4.38. The number of hydrogen-bond acceptors (Lipinski definition) is 3. The standard InChI is InChI=1S/C11H15F3N4O/c12-11(13,14)9-2-6-18(16-9)8-10(19)17-5-1-3-15-4-7-17/h2,6,15H,1,3-5,7-8H2. The van der Waals surface area contributed by atoms with Crippen molar-refractivity contribution < 1.29 is 18.0 Å². The maximum Gasteiger partial charge on any atom is 0.435 e. The van der Waals surface area contributed by atoms with Gasteiger partial charge in [0.1, 0.15) is 6.54 Å². The van der Waals surface area contributed by atoms with Crippen LogP contribution in [0.3, 0.4) is 0 Å². The Morgan fingerprint density at radius 1 is 1.37 bits per heavy atom. The molecule has 1 N–H and O–H groups in total. The Labute approximate surface area is 108 Å². The van der Waals surface area contributed by atoms with Crippen LogP contribution in [-0.2, 0) is 17.5 Å². The van der Waals surface area contributed by atoms with E-state index in [1.165, 1.54) is 6.20 Å². The fourth-order valence-corrected chi connectivity index (χ4v) is 1.93. The third-order valence-corrected chi connectivity index (χ3v) is 2.92. The average molecular weight is 276 g/mol. The molecular weight excluding hydrogens is 261 g/mol. The number of nitrogens with zero attached hydrogens (tertiary/aromatic N) is 3. The van der Waals surface area contributed by atoms with E-state index in [4.69, 9.17) is 0 Å². The minimum Gasteiger partial charge on any atom is -0.340 e. The summed E-state index contributed by atoms with van der Waals surface area (Å²) in [6, 6.07) is 0.872. The summed E-state index contributed by atoms with van der Waals surface area (Å²) in [4.78, 5) is 13.6. The van der Waals surface area contributed by atoms with Crippen molar-refractivity contribution in [1.29, 1.82) is 0 Å². The highest BCUT2D eigenvalue weighted by Crippen LogP contribution is 2.27. The van der Waals surface area contributed by atoms with E-state index in [0.717, 1.165) is 23.7 Å². The minimum absolute atomic E-state index is 0.157. The number of halogens is 3. The molecule has 106 valence electrons. The van der Waals surface area contributed by atoms with Crippen LogP contribution in [0.25, 0.3) is 0 Å². The van der Waals surface area contributed by atoms with Gasteiger partial charge in [0, 0.05) is 25.8 Å². The fourth-order valence-electron chi connectivity index (χ4n) is 1.93. The smallest absolute Gasteiger partial charge is 0.340 e. The van der Waals surface area contributed by atoms with Gasteiger partial charge in [-0.2, -0.15) is 18.3 Å². The van der Waals surface area contributed by atoms with Gasteiger partial charge in [0.05, 0.1) is 0 Å². The highest BCUT2D eigenvalue weighted by atomic mass is 19.4. The lowest BCUT2D eigenvalue weighted by molar-refractivity contribution is -0.142. The third-order valence-electron chi connectivity index (χ3n) is 2.92. The Kier molecular flexibility index (Phi) is 4.08. The van der Waals surface area contributed by atoms with Crippen LogP contribution in [0.5, 0.6) is 0 Å². The normalized spacial score (nSPS) is 17.3. The van der Waals surface area contributed by atoms with Gasteiger partial charge in [0.2, 0.25) is 5.91 Å². The molecule has 1 aliphatic heterocycles. The van der Waals surface area contributed by atoms with E-state index in [1.54, 1.807) is 4.90 Å². The van der Waals surface area contributed by atoms with Crippen LogP contribution in [0.15, 0.2) is 12.3 Å². The molecule has 0 aliphatic carbocycles. The first-order valence-electron chi connectivity index (χ1n) is 6.06. The van der Waals surface area contributed by atoms with Gasteiger partial charge in [0.25, 0.3) is 0 Å². The van der Waals surface area contributed by atoms with Crippen molar-refractivity contribution in [2.45, 2.75) is 19.1 Å². The second kappa shape index (κ2) is 5.60. The highest BCUT2D eigenvalue weighted by molar-refractivity contribution is 5.75. The molecule has 0 spiro atoms. The van der Waals surface area contributed by atoms with E-state index >= 15 is 0 Å². The molecule has 19 heavy (non-hydrogen) atoms. The van der Waals surface area contributed by atoms with Gasteiger partial charge < -0.3 is 10.2 Å². The van der Waals surface area contributed by atoms with E-state index in [2.05, 4.69) is 10.4 Å². The summed E-state index contributed by atoms with van der Waals surface area (Å²) in [5.74, 6) is -0.208. The molecule has 8 heteroatoms. The van der Waals surface area contributed by atoms with Crippen LogP contribution >= 0.6 is 0 Å². The van der Waals surface area contributed by atoms with Crippen LogP contribution < -0.4 is 5.32 Å². The lowest BCUT2D eigenvalue weighted by Crippen LogP contribution is -2.36. The van der Waals surface area contributed by atoms with Gasteiger partial charge in [-0.1, -0.05) is 0 Å². The molecule has 1 fully saturated rings. The molecule has 1 aromatic rings. The molecule has 1 aliphatic rings. The van der Waals surface area contributed by atoms with Crippen molar-refractivity contribution in [3.8, 4) is 0 Å². The fraction of sp³-hybridized carbons (Fsp3) is 0.636. The summed E-state index contributed by atoms with van der Waals surface area (Å²) < 4.78 is 38.1. The molecule has 1 amide bonds. The topological polar surface area (TPSA) is 50.2 Å². The van der Waals surface area contributed by atoms with Gasteiger partial charge in [-0.05, 0) is 19.0 Å². The van der Waals surface area contributed by atoms with Gasteiger partial charge in [-0.25, -0.2) is 0 Å². The molecule has 0 saturated carbocycles. The Hall–Kier alpha value is -1.57. The first kappa shape index (κ1) is 13.9. The molecular formula is C11H15F3N4O. The third kappa shape index (κ3) is 3.69. The van der Waals surface area contributed by atoms with Crippen LogP contribution in [0.1, 0.15) is 12.1 Å². The molecule has 0 aromatic carbocycles. The Bertz CT molecular complexity index is 435. The molecule has 1 aromatic heterocycles. The molecule has 0 radical (unpaired) electrons. The lowest BCUT2D eigenvalue weighted by atomic mass is 10.4. The van der Waals surface area contributed by atoms with E-state index < -0.39 is 11.9 Å². The van der Waals surface area contributed by atoms with Gasteiger partial charge >= 0.3 is 6.18 Å². The first-order valence-corrected chi connectivity index (χ1v) is 6.06. The number of carbonyl (C=O) groups is 1. The summed E-state index contributed by atoms with van der Waals surface area (Å²) in [5.41, 5.74) is -0.974. The number of hydrogen-bond donors (Lipinski definition) is 1. The summed E-state index contributed by atoms with van der Waals surface area (Å²) in [5, 5.41) is 6.52. The Morgan fingerprint density at radius 3 is 2.84 bits per heavy atom. The van der Waals surface area contributed by atoms with Crippen molar-refractivity contribution in [2.24, 2.45) is 0 Å². The van der Waals surface area contributed by atoms with E-state index in [1.807, 2.05) is 0 Å². The molecule has 5 nitrogen and oxygen atoms in total. The number of nitrogens with one attached hydrogen (secondary N) is 1. The van der Waals surface area contributed by atoms with Crippen LogP contribution in [0.2, 0.25) is 0 Å². The number of carbonyl (C=O) groups excluding carboxylic acids is 1. The number of alkyl halides is 3. The van der Waals surface area contributed by atoms with E-state index in [0.29, 0.717) is 19.6 Å². The summed E-state index contributed by atoms with van der Waals surface area (Å²) >= 11 is 0. The minimum atomic E-state index is -4.47. The van der Waals surface area contributed by atoms with E-state index in [9.17, 15) is 18.0 Å². The number of amides is 1. The zero-order valence-corrected chi connectivity index (χ0v) is 10.3. The quantitative estimate of drug-likeness (QED) is 0.866. The van der Waals surface area contributed by atoms with Crippen molar-refractivity contribution in [3.05, 3.63) is 18.0 Å². The van der Waals surface area contributed by atoms with Crippen LogP contribution in [-0.4, -0.2) is 46.8 Å². The molecule has 0 unspecified atom stereocenters. The Morgan fingerprint density at radius 2 is 2.16 bits per heavy atom. The summed E-state index contributed by atoms with van der Waals surface area (Å²) in [6.07, 6.45) is -2.45. The SMILES string of the molecule is O=C(Cn1ccc(C(F)(F)F)n1)N1CCCNCC1. The summed E-state index contributed by atoms with van der Waals surface area (Å²) in [6.45, 7) is 2.60. The lowest BCUT2D eigenvalue weighted by Gasteiger charge is -2.19. The van der Waals surface area contributed by atoms with Gasteiger partial charge in [-0.15, -0.1) is 0 Å². The van der Waals surface area contributed by atoms with Gasteiger partial charge in [0.15, 0.2) is 5.69 Å².